The average molecular weight is 1180 g/mol. The Hall–Kier alpha value is -3.00. The minimum absolute atomic E-state index is 0.00389. The molecule has 0 aromatic carbocycles. The van der Waals surface area contributed by atoms with Gasteiger partial charge in [0.05, 0.1) is 85.3 Å². The van der Waals surface area contributed by atoms with Gasteiger partial charge in [0.1, 0.15) is 30.2 Å². The number of Topliss-reactive ketones (excluding diaryl/α,β-unsaturated/α-hetero) is 1. The van der Waals surface area contributed by atoms with Crippen LogP contribution in [0.1, 0.15) is 151 Å². The van der Waals surface area contributed by atoms with E-state index in [-0.39, 0.29) is 74.7 Å². The number of ether oxygens (including phenoxy) is 9. The number of hydrogen-bond acceptors (Lipinski definition) is 20. The minimum atomic E-state index is -2.40. The number of aliphatic hydroxyl groups is 8. The summed E-state index contributed by atoms with van der Waals surface area (Å²) in [5, 5.41) is 94.1. The highest BCUT2D eigenvalue weighted by atomic mass is 35.5. The molecular formula is C61H93ClO20. The topological polar surface area (TPSA) is 296 Å². The summed E-state index contributed by atoms with van der Waals surface area (Å²) in [4.78, 5) is 41.0. The van der Waals surface area contributed by atoms with Gasteiger partial charge < -0.3 is 83.5 Å². The molecule has 7 aliphatic heterocycles. The summed E-state index contributed by atoms with van der Waals surface area (Å²) in [7, 11) is 1.58. The lowest BCUT2D eigenvalue weighted by Crippen LogP contribution is -2.65. The van der Waals surface area contributed by atoms with Gasteiger partial charge in [-0.05, 0) is 51.5 Å². The van der Waals surface area contributed by atoms with Gasteiger partial charge in [0, 0.05) is 107 Å². The largest absolute Gasteiger partial charge is 0.462 e. The molecule has 0 aromatic rings. The molecule has 8 N–H and O–H groups in total. The van der Waals surface area contributed by atoms with Crippen LogP contribution in [0.5, 0.6) is 0 Å². The maximum atomic E-state index is 14.4. The van der Waals surface area contributed by atoms with E-state index in [1.54, 1.807) is 41.7 Å². The van der Waals surface area contributed by atoms with Crippen molar-refractivity contribution in [3.8, 4) is 0 Å². The molecule has 7 rings (SSSR count). The van der Waals surface area contributed by atoms with Gasteiger partial charge in [-0.2, -0.15) is 0 Å². The first-order chi connectivity index (χ1) is 38.4. The molecule has 0 radical (unpaired) electrons. The monoisotopic (exact) mass is 1180 g/mol. The van der Waals surface area contributed by atoms with Crippen LogP contribution in [0.15, 0.2) is 60.2 Å². The van der Waals surface area contributed by atoms with Crippen LogP contribution in [0.4, 0.5) is 0 Å². The van der Waals surface area contributed by atoms with E-state index < -0.39 is 163 Å². The van der Waals surface area contributed by atoms with Crippen LogP contribution in [0.3, 0.4) is 0 Å². The van der Waals surface area contributed by atoms with Crippen molar-refractivity contribution >= 4 is 29.3 Å². The predicted octanol–water partition coefficient (Wildman–Crippen LogP) is 5.34. The van der Waals surface area contributed by atoms with Gasteiger partial charge in [0.25, 0.3) is 0 Å². The van der Waals surface area contributed by atoms with Crippen LogP contribution < -0.4 is 0 Å². The molecule has 6 saturated heterocycles. The van der Waals surface area contributed by atoms with Crippen molar-refractivity contribution in [2.75, 3.05) is 7.11 Å². The van der Waals surface area contributed by atoms with Crippen molar-refractivity contribution in [3.05, 3.63) is 60.2 Å². The summed E-state index contributed by atoms with van der Waals surface area (Å²) in [6.45, 7) is 21.7. The number of carbonyl (C=O) groups excluding carboxylic acids is 3. The molecule has 0 aliphatic carbocycles. The number of carbonyl (C=O) groups is 3. The Morgan fingerprint density at radius 1 is 0.829 bits per heavy atom. The van der Waals surface area contributed by atoms with Gasteiger partial charge in [-0.25, -0.2) is 0 Å². The Balaban J connectivity index is 1.20. The van der Waals surface area contributed by atoms with Crippen molar-refractivity contribution < 1.29 is 97.9 Å². The highest BCUT2D eigenvalue weighted by Crippen LogP contribution is 2.48. The molecule has 7 heterocycles. The number of esters is 2. The molecule has 21 heteroatoms. The zero-order chi connectivity index (χ0) is 60.2. The van der Waals surface area contributed by atoms with Gasteiger partial charge in [-0.1, -0.05) is 88.4 Å². The average Bonchev–Trinajstić information content (AvgIpc) is 1.80. The van der Waals surface area contributed by atoms with E-state index >= 15 is 0 Å². The zero-order valence-electron chi connectivity index (χ0n) is 48.9. The first-order valence-corrected chi connectivity index (χ1v) is 29.8. The summed E-state index contributed by atoms with van der Waals surface area (Å²) < 4.78 is 57.2. The molecule has 0 unspecified atom stereocenters. The smallest absolute Gasteiger partial charge is 0.308 e. The van der Waals surface area contributed by atoms with Gasteiger partial charge >= 0.3 is 11.9 Å². The number of hydrogen-bond donors (Lipinski definition) is 8. The van der Waals surface area contributed by atoms with Crippen molar-refractivity contribution in [1.82, 2.24) is 0 Å². The molecule has 82 heavy (non-hydrogen) atoms. The number of ketones is 1. The number of allylic oxidation sites excluding steroid dienone is 3. The fourth-order valence-electron chi connectivity index (χ4n) is 13.8. The number of aliphatic hydroxyl groups excluding tert-OH is 6. The van der Waals surface area contributed by atoms with E-state index in [9.17, 15) is 55.2 Å². The first kappa shape index (κ1) is 66.5. The molecule has 0 saturated carbocycles. The lowest BCUT2D eigenvalue weighted by molar-refractivity contribution is -0.351. The maximum Gasteiger partial charge on any atom is 0.308 e. The molecule has 0 amide bonds. The fourth-order valence-corrected chi connectivity index (χ4v) is 13.8. The van der Waals surface area contributed by atoms with Gasteiger partial charge in [-0.15, -0.1) is 0 Å². The predicted molar refractivity (Wildman–Crippen MR) is 298 cm³/mol. The first-order valence-electron chi connectivity index (χ1n) is 29.4. The van der Waals surface area contributed by atoms with Gasteiger partial charge in [0.15, 0.2) is 17.4 Å². The standard InChI is InChI=1S/C61H93ClO20/c1-32(18-40(64)17-16-34(3)62)19-51-54(70)55-38(7)56(76-51)57(71)61(73)30-49(67)36(5)50(82-61)15-13-11-12-14-42-21-41(65)26-59(78-42)28-45(74-10)22-43(79-59)24-48(66)37(6)53(69)35(4)33(2)20-47-27-58(9,72)31-60(81-47)29-46(75-39(8)63)23-44(80-60)25-52(68)77-55/h12,14,16-17,35-38,40-47,49-51,53-57,64-65,67,69-73H,1-3,11,13,15,18-31H2,4-10H3/b14-12-,17-16+/t35-,36+,37-,38+,40+,41-,42-,43+,44+,45+,46-,47+,49-,50-,51-,53-,54-,55-,56+,57+,58-,59-,60+,61-/m1/s1. The number of rotatable bonds is 8. The summed E-state index contributed by atoms with van der Waals surface area (Å²) in [5.74, 6) is -9.98. The molecule has 0 aromatic heterocycles. The molecule has 7 aliphatic rings. The van der Waals surface area contributed by atoms with E-state index in [1.165, 1.54) is 19.1 Å². The highest BCUT2D eigenvalue weighted by Gasteiger charge is 2.58. The summed E-state index contributed by atoms with van der Waals surface area (Å²) in [6.07, 6.45) is -8.29. The second kappa shape index (κ2) is 27.8. The van der Waals surface area contributed by atoms with Gasteiger partial charge in [-0.3, -0.25) is 14.4 Å². The minimum Gasteiger partial charge on any atom is -0.462 e. The van der Waals surface area contributed by atoms with Crippen molar-refractivity contribution in [2.45, 2.75) is 271 Å². The summed E-state index contributed by atoms with van der Waals surface area (Å²) in [6, 6.07) is 0. The number of halogens is 1. The van der Waals surface area contributed by atoms with Gasteiger partial charge in [0.2, 0.25) is 0 Å². The van der Waals surface area contributed by atoms with Crippen LogP contribution in [0.25, 0.3) is 0 Å². The lowest BCUT2D eigenvalue weighted by Gasteiger charge is -2.52. The normalized spacial score (nSPS) is 45.8. The van der Waals surface area contributed by atoms with Crippen LogP contribution in [0, 0.1) is 23.7 Å². The lowest BCUT2D eigenvalue weighted by atomic mass is 9.78. The van der Waals surface area contributed by atoms with Crippen LogP contribution in [0.2, 0.25) is 0 Å². The van der Waals surface area contributed by atoms with Crippen molar-refractivity contribution in [1.29, 1.82) is 0 Å². The van der Waals surface area contributed by atoms with Crippen LogP contribution >= 0.6 is 11.6 Å². The van der Waals surface area contributed by atoms with Crippen LogP contribution in [-0.4, -0.2) is 186 Å². The number of methoxy groups -OCH3 is 1. The Morgan fingerprint density at radius 3 is 2.20 bits per heavy atom. The Bertz CT molecular complexity index is 2310. The molecule has 24 atom stereocenters. The van der Waals surface area contributed by atoms with E-state index in [0.29, 0.717) is 49.7 Å². The molecule has 10 bridgehead atoms. The molecule has 6 fully saturated rings. The summed E-state index contributed by atoms with van der Waals surface area (Å²) in [5.41, 5.74) is -0.469. The Morgan fingerprint density at radius 2 is 1.50 bits per heavy atom. The Kier molecular flexibility index (Phi) is 22.5. The highest BCUT2D eigenvalue weighted by molar-refractivity contribution is 6.30. The fraction of sp³-hybridized carbons (Fsp3) is 0.787. The quantitative estimate of drug-likeness (QED) is 0.0864. The van der Waals surface area contributed by atoms with Crippen molar-refractivity contribution in [2.24, 2.45) is 23.7 Å². The molecule has 464 valence electrons. The number of fused-ring (bicyclic) bond motifs is 8. The molecule has 20 nitrogen and oxygen atoms in total. The summed E-state index contributed by atoms with van der Waals surface area (Å²) >= 11 is 5.88. The molecule has 2 spiro atoms. The van der Waals surface area contributed by atoms with E-state index in [1.807, 2.05) is 12.2 Å². The third-order valence-corrected chi connectivity index (χ3v) is 18.2. The maximum absolute atomic E-state index is 14.4. The molecular weight excluding hydrogens is 1090 g/mol. The van der Waals surface area contributed by atoms with E-state index in [0.717, 1.165) is 0 Å². The van der Waals surface area contributed by atoms with E-state index in [2.05, 4.69) is 19.7 Å². The third kappa shape index (κ3) is 16.9. The second-order valence-corrected chi connectivity index (χ2v) is 25.8. The third-order valence-electron chi connectivity index (χ3n) is 18.0. The van der Waals surface area contributed by atoms with E-state index in [4.69, 9.17) is 54.2 Å². The second-order valence-electron chi connectivity index (χ2n) is 25.4. The SMILES string of the molecule is C=C(Cl)/C=C/[C@H](O)CC(=C)C[C@H]1O[C@H]2[C@@H](C)[C@@H](OC(=O)C[C@@H]3C[C@@H](OC(C)=O)C[C@]4(C[C@](C)(O)C[C@H](CC(=C)[C@@H](C)[C@@H](O)[C@H](C)C(=O)C[C@@H]5C[C@H](OC)C[C@@]6(C[C@H](O)C[C@@H](/C=C\CCC[C@H]7O[C@](O)(C[C@@H](O)[C@@H]7C)[C@H]2O)O6)O5)O4)O3)[C@@H]1O. The zero-order valence-corrected chi connectivity index (χ0v) is 49.6. The van der Waals surface area contributed by atoms with Crippen LogP contribution in [-0.2, 0) is 57.0 Å². The Labute approximate surface area is 487 Å². The van der Waals surface area contributed by atoms with Crippen molar-refractivity contribution in [3.63, 3.8) is 0 Å².